The summed E-state index contributed by atoms with van der Waals surface area (Å²) in [4.78, 5) is 22.1. The summed E-state index contributed by atoms with van der Waals surface area (Å²) in [5.41, 5.74) is 3.90. The third kappa shape index (κ3) is 4.10. The van der Waals surface area contributed by atoms with Crippen LogP contribution in [0.2, 0.25) is 0 Å². The highest BCUT2D eigenvalue weighted by Gasteiger charge is 2.19. The Morgan fingerprint density at radius 1 is 1.30 bits per heavy atom. The Kier molecular flexibility index (Phi) is 5.43. The summed E-state index contributed by atoms with van der Waals surface area (Å²) >= 11 is 1.28. The number of amides is 1. The Hall–Kier alpha value is -3.31. The molecule has 3 heterocycles. The monoisotopic (exact) mass is 379 g/mol. The van der Waals surface area contributed by atoms with Crippen molar-refractivity contribution in [1.82, 2.24) is 14.3 Å². The molecule has 0 saturated heterocycles. The third-order valence-corrected chi connectivity index (χ3v) is 4.87. The molecule has 1 N–H and O–H groups in total. The van der Waals surface area contributed by atoms with Crippen LogP contribution in [0.1, 0.15) is 37.7 Å². The minimum absolute atomic E-state index is 0.240. The van der Waals surface area contributed by atoms with Gasteiger partial charge in [-0.1, -0.05) is 0 Å². The first kappa shape index (κ1) is 18.5. The van der Waals surface area contributed by atoms with Crippen LogP contribution >= 0.6 is 11.5 Å². The SMILES string of the molecule is COc1ncc(NC(=O)c2c(C)nsc2Cc2ccc(C#N)cn2)cc1C. The van der Waals surface area contributed by atoms with Crippen LogP contribution in [0.25, 0.3) is 0 Å². The molecule has 0 aromatic carbocycles. The average Bonchev–Trinajstić information content (AvgIpc) is 3.03. The van der Waals surface area contributed by atoms with Crippen molar-refractivity contribution in [3.05, 3.63) is 63.5 Å². The first-order chi connectivity index (χ1) is 13.0. The zero-order chi connectivity index (χ0) is 19.4. The van der Waals surface area contributed by atoms with Crippen molar-refractivity contribution >= 4 is 23.1 Å². The molecule has 0 radical (unpaired) electrons. The van der Waals surface area contributed by atoms with Gasteiger partial charge in [-0.05, 0) is 43.6 Å². The third-order valence-electron chi connectivity index (χ3n) is 3.94. The van der Waals surface area contributed by atoms with Gasteiger partial charge < -0.3 is 10.1 Å². The molecular weight excluding hydrogens is 362 g/mol. The van der Waals surface area contributed by atoms with Crippen LogP contribution in [0.15, 0.2) is 30.6 Å². The van der Waals surface area contributed by atoms with Crippen LogP contribution in [0.3, 0.4) is 0 Å². The molecule has 3 aromatic rings. The number of rotatable bonds is 5. The van der Waals surface area contributed by atoms with Gasteiger partial charge in [-0.25, -0.2) is 4.98 Å². The van der Waals surface area contributed by atoms with Crippen LogP contribution < -0.4 is 10.1 Å². The first-order valence-corrected chi connectivity index (χ1v) is 8.91. The summed E-state index contributed by atoms with van der Waals surface area (Å²) < 4.78 is 9.46. The molecular formula is C19H17N5O2S. The lowest BCUT2D eigenvalue weighted by molar-refractivity contribution is 0.102. The van der Waals surface area contributed by atoms with Crippen molar-refractivity contribution in [2.75, 3.05) is 12.4 Å². The molecule has 0 unspecified atom stereocenters. The number of methoxy groups -OCH3 is 1. The molecule has 0 bridgehead atoms. The van der Waals surface area contributed by atoms with Crippen LogP contribution in [0.5, 0.6) is 5.88 Å². The molecule has 3 rings (SSSR count). The van der Waals surface area contributed by atoms with Crippen molar-refractivity contribution in [1.29, 1.82) is 5.26 Å². The van der Waals surface area contributed by atoms with E-state index in [-0.39, 0.29) is 5.91 Å². The lowest BCUT2D eigenvalue weighted by Crippen LogP contribution is -2.15. The first-order valence-electron chi connectivity index (χ1n) is 8.14. The van der Waals surface area contributed by atoms with Crippen molar-refractivity contribution in [2.24, 2.45) is 0 Å². The van der Waals surface area contributed by atoms with Crippen LogP contribution in [0.4, 0.5) is 5.69 Å². The number of carbonyl (C=O) groups is 1. The Labute approximate surface area is 160 Å². The fourth-order valence-corrected chi connectivity index (χ4v) is 3.51. The highest BCUT2D eigenvalue weighted by Crippen LogP contribution is 2.24. The van der Waals surface area contributed by atoms with Crippen LogP contribution in [0, 0.1) is 25.2 Å². The number of aromatic nitrogens is 3. The molecule has 0 atom stereocenters. The second-order valence-electron chi connectivity index (χ2n) is 5.90. The Bertz CT molecular complexity index is 1020. The summed E-state index contributed by atoms with van der Waals surface area (Å²) in [5.74, 6) is 0.283. The Morgan fingerprint density at radius 3 is 2.74 bits per heavy atom. The van der Waals surface area contributed by atoms with E-state index in [1.165, 1.54) is 17.7 Å². The van der Waals surface area contributed by atoms with E-state index in [1.807, 2.05) is 13.0 Å². The van der Waals surface area contributed by atoms with E-state index in [4.69, 9.17) is 10.00 Å². The maximum Gasteiger partial charge on any atom is 0.258 e. The van der Waals surface area contributed by atoms with Gasteiger partial charge in [0.05, 0.1) is 35.8 Å². The number of nitrogens with one attached hydrogen (secondary N) is 1. The number of pyridine rings is 2. The lowest BCUT2D eigenvalue weighted by Gasteiger charge is -2.09. The zero-order valence-corrected chi connectivity index (χ0v) is 15.9. The molecule has 27 heavy (non-hydrogen) atoms. The molecule has 0 aliphatic carbocycles. The number of ether oxygens (including phenoxy) is 1. The number of hydrogen-bond donors (Lipinski definition) is 1. The highest BCUT2D eigenvalue weighted by molar-refractivity contribution is 7.06. The van der Waals surface area contributed by atoms with Gasteiger partial charge in [-0.2, -0.15) is 9.64 Å². The van der Waals surface area contributed by atoms with Crippen molar-refractivity contribution in [2.45, 2.75) is 20.3 Å². The highest BCUT2D eigenvalue weighted by atomic mass is 32.1. The summed E-state index contributed by atoms with van der Waals surface area (Å²) in [6.07, 6.45) is 3.55. The van der Waals surface area contributed by atoms with Gasteiger partial charge in [0, 0.05) is 28.8 Å². The fourth-order valence-electron chi connectivity index (χ4n) is 2.63. The molecule has 8 heteroatoms. The predicted molar refractivity (Wildman–Crippen MR) is 102 cm³/mol. The normalized spacial score (nSPS) is 10.3. The number of hydrogen-bond acceptors (Lipinski definition) is 7. The Morgan fingerprint density at radius 2 is 2.11 bits per heavy atom. The summed E-state index contributed by atoms with van der Waals surface area (Å²) in [6.45, 7) is 3.67. The second-order valence-corrected chi connectivity index (χ2v) is 6.76. The van der Waals surface area contributed by atoms with Crippen molar-refractivity contribution in [3.8, 4) is 11.9 Å². The summed E-state index contributed by atoms with van der Waals surface area (Å²) in [5, 5.41) is 11.7. The smallest absolute Gasteiger partial charge is 0.258 e. The Balaban J connectivity index is 1.81. The molecule has 0 spiro atoms. The topological polar surface area (TPSA) is 101 Å². The predicted octanol–water partition coefficient (Wildman–Crippen LogP) is 3.27. The molecule has 0 aliphatic heterocycles. The zero-order valence-electron chi connectivity index (χ0n) is 15.1. The average molecular weight is 379 g/mol. The van der Waals surface area contributed by atoms with Gasteiger partial charge in [0.1, 0.15) is 6.07 Å². The quantitative estimate of drug-likeness (QED) is 0.730. The van der Waals surface area contributed by atoms with Gasteiger partial charge in [-0.15, -0.1) is 0 Å². The minimum atomic E-state index is -0.240. The fraction of sp³-hybridized carbons (Fsp3) is 0.211. The van der Waals surface area contributed by atoms with Crippen LogP contribution in [-0.4, -0.2) is 27.4 Å². The maximum atomic E-state index is 12.8. The largest absolute Gasteiger partial charge is 0.481 e. The number of carbonyl (C=O) groups excluding carboxylic acids is 1. The molecule has 0 fully saturated rings. The number of nitrogens with zero attached hydrogens (tertiary/aromatic N) is 4. The van der Waals surface area contributed by atoms with E-state index >= 15 is 0 Å². The molecule has 7 nitrogen and oxygen atoms in total. The van der Waals surface area contributed by atoms with E-state index in [9.17, 15) is 4.79 Å². The van der Waals surface area contributed by atoms with Gasteiger partial charge in [0.2, 0.25) is 5.88 Å². The second kappa shape index (κ2) is 7.93. The molecule has 1 amide bonds. The summed E-state index contributed by atoms with van der Waals surface area (Å²) in [6, 6.07) is 7.34. The molecule has 0 saturated carbocycles. The standard InChI is InChI=1S/C19H17N5O2S/c1-11-6-15(10-22-19(11)26-3)23-18(25)17-12(2)24-27-16(17)7-14-5-4-13(8-20)9-21-14/h4-6,9-10H,7H2,1-3H3,(H,23,25). The van der Waals surface area contributed by atoms with Crippen molar-refractivity contribution in [3.63, 3.8) is 0 Å². The molecule has 3 aromatic heterocycles. The minimum Gasteiger partial charge on any atom is -0.481 e. The summed E-state index contributed by atoms with van der Waals surface area (Å²) in [7, 11) is 1.55. The van der Waals surface area contributed by atoms with Crippen LogP contribution in [-0.2, 0) is 6.42 Å². The van der Waals surface area contributed by atoms with E-state index in [0.29, 0.717) is 34.8 Å². The molecule has 136 valence electrons. The number of nitriles is 1. The number of aryl methyl sites for hydroxylation is 2. The number of anilines is 1. The van der Waals surface area contributed by atoms with E-state index in [1.54, 1.807) is 38.4 Å². The maximum absolute atomic E-state index is 12.8. The van der Waals surface area contributed by atoms with Crippen molar-refractivity contribution < 1.29 is 9.53 Å². The van der Waals surface area contributed by atoms with Gasteiger partial charge in [0.25, 0.3) is 5.91 Å². The van der Waals surface area contributed by atoms with Gasteiger partial charge >= 0.3 is 0 Å². The van der Waals surface area contributed by atoms with Gasteiger partial charge in [-0.3, -0.25) is 9.78 Å². The van der Waals surface area contributed by atoms with Gasteiger partial charge in [0.15, 0.2) is 0 Å². The van der Waals surface area contributed by atoms with E-state index in [2.05, 4.69) is 19.7 Å². The lowest BCUT2D eigenvalue weighted by atomic mass is 10.1. The van der Waals surface area contributed by atoms with E-state index < -0.39 is 0 Å². The molecule has 0 aliphatic rings. The van der Waals surface area contributed by atoms with E-state index in [0.717, 1.165) is 16.1 Å².